The molecule has 0 aromatic carbocycles. The smallest absolute Gasteiger partial charge is 0.306 e. The van der Waals surface area contributed by atoms with Gasteiger partial charge in [-0.1, -0.05) is 288 Å². The molecule has 3 N–H and O–H groups in total. The van der Waals surface area contributed by atoms with Crippen LogP contribution in [0.1, 0.15) is 323 Å². The lowest BCUT2D eigenvalue weighted by molar-refractivity contribution is -0.151. The number of carbonyl (C=O) groups excluding carboxylic acids is 2. The average Bonchev–Trinajstić information content (AvgIpc) is 3.35. The van der Waals surface area contributed by atoms with E-state index >= 15 is 0 Å². The standard InChI is InChI=1S/C64H119NO5/c1-4-7-10-13-16-19-22-25-28-30-31-33-36-39-42-45-48-51-54-57-64(69)70-60(55-52-49-46-43-40-37-35-32-29-26-23-20-17-14-11-8-5-2)58-63(68)65-61(59-66)62(67)56-53-50-47-44-41-38-34-27-24-21-18-15-12-9-6-3/h16,19,25,28,31,33,39,42,60-62,66-67H,4-15,17-18,20-24,26-27,29-30,32,34-38,40-41,43-59H2,1-3H3,(H,65,68)/b19-16-,28-25-,33-31-,42-39-. The molecule has 0 saturated heterocycles. The Bertz CT molecular complexity index is 1190. The van der Waals surface area contributed by atoms with Crippen molar-refractivity contribution in [3.05, 3.63) is 48.6 Å². The van der Waals surface area contributed by atoms with Gasteiger partial charge >= 0.3 is 5.97 Å². The molecular weight excluding hydrogens is 863 g/mol. The maximum absolute atomic E-state index is 13.3. The van der Waals surface area contributed by atoms with Crippen LogP contribution in [0.25, 0.3) is 0 Å². The molecule has 0 fully saturated rings. The van der Waals surface area contributed by atoms with Crippen molar-refractivity contribution in [2.45, 2.75) is 341 Å². The third-order valence-electron chi connectivity index (χ3n) is 14.2. The summed E-state index contributed by atoms with van der Waals surface area (Å²) in [4.78, 5) is 26.3. The van der Waals surface area contributed by atoms with E-state index in [0.717, 1.165) is 77.0 Å². The Labute approximate surface area is 436 Å². The number of rotatable bonds is 56. The first-order chi connectivity index (χ1) is 34.5. The maximum Gasteiger partial charge on any atom is 0.306 e. The molecule has 0 saturated carbocycles. The van der Waals surface area contributed by atoms with Gasteiger partial charge in [-0.15, -0.1) is 0 Å². The first-order valence-corrected chi connectivity index (χ1v) is 30.9. The first kappa shape index (κ1) is 67.8. The molecule has 0 bridgehead atoms. The molecule has 70 heavy (non-hydrogen) atoms. The van der Waals surface area contributed by atoms with Gasteiger partial charge in [-0.25, -0.2) is 0 Å². The van der Waals surface area contributed by atoms with Crippen molar-refractivity contribution in [1.82, 2.24) is 5.32 Å². The van der Waals surface area contributed by atoms with Crippen molar-refractivity contribution in [2.75, 3.05) is 6.61 Å². The first-order valence-electron chi connectivity index (χ1n) is 30.9. The molecule has 0 aromatic rings. The minimum atomic E-state index is -0.793. The van der Waals surface area contributed by atoms with Gasteiger partial charge in [0.1, 0.15) is 6.10 Å². The van der Waals surface area contributed by atoms with E-state index in [0.29, 0.717) is 19.3 Å². The Kier molecular flexibility index (Phi) is 55.9. The molecule has 0 spiro atoms. The van der Waals surface area contributed by atoms with Crippen molar-refractivity contribution in [3.63, 3.8) is 0 Å². The second-order valence-electron chi connectivity index (χ2n) is 21.1. The average molecular weight is 983 g/mol. The number of esters is 1. The number of aliphatic hydroxyl groups excluding tert-OH is 2. The van der Waals surface area contributed by atoms with Crippen LogP contribution in [0.5, 0.6) is 0 Å². The molecule has 3 unspecified atom stereocenters. The summed E-state index contributed by atoms with van der Waals surface area (Å²) in [5.41, 5.74) is 0. The highest BCUT2D eigenvalue weighted by Gasteiger charge is 2.24. The van der Waals surface area contributed by atoms with Crippen molar-refractivity contribution < 1.29 is 24.5 Å². The van der Waals surface area contributed by atoms with Crippen LogP contribution < -0.4 is 5.32 Å². The molecule has 0 aliphatic heterocycles. The predicted molar refractivity (Wildman–Crippen MR) is 305 cm³/mol. The summed E-state index contributed by atoms with van der Waals surface area (Å²) in [7, 11) is 0. The number of carbonyl (C=O) groups is 2. The summed E-state index contributed by atoms with van der Waals surface area (Å²) in [6.45, 7) is 6.49. The fourth-order valence-corrected chi connectivity index (χ4v) is 9.48. The molecule has 6 nitrogen and oxygen atoms in total. The highest BCUT2D eigenvalue weighted by Crippen LogP contribution is 2.19. The van der Waals surface area contributed by atoms with E-state index in [1.165, 1.54) is 199 Å². The van der Waals surface area contributed by atoms with E-state index in [9.17, 15) is 19.8 Å². The van der Waals surface area contributed by atoms with Gasteiger partial charge in [0, 0.05) is 6.42 Å². The van der Waals surface area contributed by atoms with Gasteiger partial charge in [-0.2, -0.15) is 0 Å². The van der Waals surface area contributed by atoms with E-state index in [-0.39, 0.29) is 24.9 Å². The second kappa shape index (κ2) is 57.7. The van der Waals surface area contributed by atoms with Gasteiger partial charge in [0.2, 0.25) is 5.91 Å². The van der Waals surface area contributed by atoms with Gasteiger partial charge in [0.05, 0.1) is 25.2 Å². The maximum atomic E-state index is 13.3. The van der Waals surface area contributed by atoms with Gasteiger partial charge in [-0.3, -0.25) is 9.59 Å². The molecule has 0 aromatic heterocycles. The number of hydrogen-bond acceptors (Lipinski definition) is 5. The molecular formula is C64H119NO5. The number of nitrogens with one attached hydrogen (secondary N) is 1. The molecule has 1 amide bonds. The van der Waals surface area contributed by atoms with E-state index in [4.69, 9.17) is 4.74 Å². The Hall–Kier alpha value is -2.18. The monoisotopic (exact) mass is 982 g/mol. The molecule has 0 rings (SSSR count). The quantitative estimate of drug-likeness (QED) is 0.0321. The molecule has 410 valence electrons. The molecule has 0 heterocycles. The number of ether oxygens (including phenoxy) is 1. The van der Waals surface area contributed by atoms with Gasteiger partial charge in [0.15, 0.2) is 0 Å². The van der Waals surface area contributed by atoms with E-state index < -0.39 is 18.2 Å². The summed E-state index contributed by atoms with van der Waals surface area (Å²) in [5, 5.41) is 23.9. The zero-order valence-corrected chi connectivity index (χ0v) is 46.9. The number of allylic oxidation sites excluding steroid dienone is 8. The predicted octanol–water partition coefficient (Wildman–Crippen LogP) is 19.4. The van der Waals surface area contributed by atoms with Crippen molar-refractivity contribution in [3.8, 4) is 0 Å². The van der Waals surface area contributed by atoms with E-state index in [1.54, 1.807) is 0 Å². The summed E-state index contributed by atoms with van der Waals surface area (Å²) in [6, 6.07) is -0.708. The Morgan fingerprint density at radius 2 is 0.729 bits per heavy atom. The lowest BCUT2D eigenvalue weighted by atomic mass is 10.0. The van der Waals surface area contributed by atoms with Crippen LogP contribution in [-0.4, -0.2) is 46.9 Å². The number of unbranched alkanes of at least 4 members (excludes halogenated alkanes) is 36. The minimum absolute atomic E-state index is 0.0683. The zero-order valence-electron chi connectivity index (χ0n) is 46.9. The second-order valence-corrected chi connectivity index (χ2v) is 21.1. The van der Waals surface area contributed by atoms with Crippen molar-refractivity contribution in [1.29, 1.82) is 0 Å². The summed E-state index contributed by atoms with van der Waals surface area (Å²) < 4.78 is 5.97. The summed E-state index contributed by atoms with van der Waals surface area (Å²) >= 11 is 0. The number of hydrogen-bond donors (Lipinski definition) is 3. The van der Waals surface area contributed by atoms with Crippen LogP contribution in [0.3, 0.4) is 0 Å². The van der Waals surface area contributed by atoms with Crippen LogP contribution in [0.2, 0.25) is 0 Å². The third-order valence-corrected chi connectivity index (χ3v) is 14.2. The SMILES string of the molecule is CCCCC/C=C\C/C=C\C/C=C\C/C=C\CCCCCC(=O)OC(CCCCCCCCCCCCCCCCCCC)CC(=O)NC(CO)C(O)CCCCCCCCCCCCCCCCC. The Morgan fingerprint density at radius 3 is 1.11 bits per heavy atom. The number of aliphatic hydroxyl groups is 2. The Balaban J connectivity index is 4.59. The highest BCUT2D eigenvalue weighted by atomic mass is 16.5. The van der Waals surface area contributed by atoms with Crippen LogP contribution in [0.15, 0.2) is 48.6 Å². The fourth-order valence-electron chi connectivity index (χ4n) is 9.48. The third kappa shape index (κ3) is 52.2. The lowest BCUT2D eigenvalue weighted by Gasteiger charge is -2.24. The molecule has 3 atom stereocenters. The normalized spacial score (nSPS) is 13.4. The van der Waals surface area contributed by atoms with Crippen LogP contribution in [0, 0.1) is 0 Å². The zero-order chi connectivity index (χ0) is 50.9. The largest absolute Gasteiger partial charge is 0.462 e. The van der Waals surface area contributed by atoms with Crippen LogP contribution >= 0.6 is 0 Å². The molecule has 6 heteroatoms. The van der Waals surface area contributed by atoms with Gasteiger partial charge in [0.25, 0.3) is 0 Å². The molecule has 0 aliphatic carbocycles. The van der Waals surface area contributed by atoms with Crippen molar-refractivity contribution >= 4 is 11.9 Å². The van der Waals surface area contributed by atoms with Crippen LogP contribution in [-0.2, 0) is 14.3 Å². The molecule has 0 aliphatic rings. The fraction of sp³-hybridized carbons (Fsp3) is 0.844. The van der Waals surface area contributed by atoms with Gasteiger partial charge < -0.3 is 20.3 Å². The Morgan fingerprint density at radius 1 is 0.414 bits per heavy atom. The number of amides is 1. The summed E-state index contributed by atoms with van der Waals surface area (Å²) in [6.07, 6.45) is 71.8. The summed E-state index contributed by atoms with van der Waals surface area (Å²) in [5.74, 6) is -0.493. The van der Waals surface area contributed by atoms with Crippen molar-refractivity contribution in [2.24, 2.45) is 0 Å². The topological polar surface area (TPSA) is 95.9 Å². The van der Waals surface area contributed by atoms with E-state index in [2.05, 4.69) is 74.7 Å². The molecule has 0 radical (unpaired) electrons. The van der Waals surface area contributed by atoms with E-state index in [1.807, 2.05) is 0 Å². The van der Waals surface area contributed by atoms with Crippen LogP contribution in [0.4, 0.5) is 0 Å². The minimum Gasteiger partial charge on any atom is -0.462 e. The highest BCUT2D eigenvalue weighted by molar-refractivity contribution is 5.77. The van der Waals surface area contributed by atoms with Gasteiger partial charge in [-0.05, 0) is 70.6 Å². The lowest BCUT2D eigenvalue weighted by Crippen LogP contribution is -2.46.